The SMILES string of the molecule is CCC(C(=O)[O-])=C1Nc2ccccc2C(c2ccccc2)=NC1OC(C)=O. The minimum atomic E-state index is -1.33. The minimum absolute atomic E-state index is 0.00844. The van der Waals surface area contributed by atoms with E-state index in [2.05, 4.69) is 10.3 Å². The van der Waals surface area contributed by atoms with Crippen molar-refractivity contribution in [1.82, 2.24) is 0 Å². The van der Waals surface area contributed by atoms with Gasteiger partial charge in [-0.2, -0.15) is 0 Å². The number of nitrogens with one attached hydrogen (secondary N) is 1. The molecule has 1 aliphatic rings. The first-order valence-electron chi connectivity index (χ1n) is 8.62. The van der Waals surface area contributed by atoms with Crippen LogP contribution in [0.4, 0.5) is 5.69 Å². The highest BCUT2D eigenvalue weighted by Gasteiger charge is 2.27. The van der Waals surface area contributed by atoms with Gasteiger partial charge < -0.3 is 20.0 Å². The first kappa shape index (κ1) is 18.4. The normalized spacial score (nSPS) is 17.7. The zero-order valence-electron chi connectivity index (χ0n) is 15.1. The van der Waals surface area contributed by atoms with E-state index in [4.69, 9.17) is 4.74 Å². The number of esters is 1. The molecule has 2 aromatic rings. The fourth-order valence-electron chi connectivity index (χ4n) is 2.99. The Labute approximate surface area is 157 Å². The number of ether oxygens (including phenoxy) is 1. The van der Waals surface area contributed by atoms with E-state index >= 15 is 0 Å². The molecule has 0 radical (unpaired) electrons. The number of hydrogen-bond donors (Lipinski definition) is 1. The highest BCUT2D eigenvalue weighted by atomic mass is 16.6. The van der Waals surface area contributed by atoms with Gasteiger partial charge in [0.1, 0.15) is 0 Å². The number of carbonyl (C=O) groups is 2. The fourth-order valence-corrected chi connectivity index (χ4v) is 2.99. The molecule has 1 aliphatic heterocycles. The average Bonchev–Trinajstić information content (AvgIpc) is 2.80. The van der Waals surface area contributed by atoms with E-state index < -0.39 is 18.2 Å². The lowest BCUT2D eigenvalue weighted by molar-refractivity contribution is -0.299. The minimum Gasteiger partial charge on any atom is -0.545 e. The monoisotopic (exact) mass is 363 g/mol. The maximum absolute atomic E-state index is 11.7. The van der Waals surface area contributed by atoms with Crippen LogP contribution in [0.1, 0.15) is 31.4 Å². The van der Waals surface area contributed by atoms with Crippen LogP contribution in [0.25, 0.3) is 0 Å². The molecular formula is C21H19N2O4-. The lowest BCUT2D eigenvalue weighted by Crippen LogP contribution is -2.31. The van der Waals surface area contributed by atoms with E-state index in [0.29, 0.717) is 11.4 Å². The molecule has 3 rings (SSSR count). The summed E-state index contributed by atoms with van der Waals surface area (Å²) < 4.78 is 5.36. The number of carboxylic acid groups (broad SMARTS) is 1. The first-order chi connectivity index (χ1) is 13.0. The molecule has 0 spiro atoms. The number of benzodiazepines with no additional fused rings is 1. The molecule has 6 nitrogen and oxygen atoms in total. The van der Waals surface area contributed by atoms with Crippen LogP contribution in [-0.2, 0) is 14.3 Å². The number of aliphatic imine (C=N–C) groups is 1. The number of fused-ring (bicyclic) bond motifs is 1. The Morgan fingerprint density at radius 2 is 1.78 bits per heavy atom. The highest BCUT2D eigenvalue weighted by molar-refractivity contribution is 6.16. The molecule has 27 heavy (non-hydrogen) atoms. The van der Waals surface area contributed by atoms with Crippen molar-refractivity contribution in [3.8, 4) is 0 Å². The van der Waals surface area contributed by atoms with E-state index in [-0.39, 0.29) is 17.7 Å². The number of para-hydroxylation sites is 1. The number of rotatable bonds is 4. The molecule has 0 amide bonds. The van der Waals surface area contributed by atoms with Crippen LogP contribution >= 0.6 is 0 Å². The largest absolute Gasteiger partial charge is 0.545 e. The molecule has 0 fully saturated rings. The number of nitrogens with zero attached hydrogens (tertiary/aromatic N) is 1. The maximum atomic E-state index is 11.7. The predicted molar refractivity (Wildman–Crippen MR) is 100 cm³/mol. The number of carboxylic acids is 1. The molecule has 0 aliphatic carbocycles. The van der Waals surface area contributed by atoms with Crippen molar-refractivity contribution in [3.05, 3.63) is 77.0 Å². The quantitative estimate of drug-likeness (QED) is 0.665. The molecule has 1 unspecified atom stereocenters. The number of anilines is 1. The number of hydrogen-bond acceptors (Lipinski definition) is 6. The van der Waals surface area contributed by atoms with Gasteiger partial charge in [-0.05, 0) is 18.1 Å². The molecule has 6 heteroatoms. The predicted octanol–water partition coefficient (Wildman–Crippen LogP) is 2.25. The van der Waals surface area contributed by atoms with E-state index in [0.717, 1.165) is 11.1 Å². The molecule has 1 atom stereocenters. The van der Waals surface area contributed by atoms with Crippen molar-refractivity contribution in [3.63, 3.8) is 0 Å². The second-order valence-corrected chi connectivity index (χ2v) is 6.01. The van der Waals surface area contributed by atoms with Crippen LogP contribution in [0, 0.1) is 0 Å². The van der Waals surface area contributed by atoms with Gasteiger partial charge in [-0.15, -0.1) is 0 Å². The van der Waals surface area contributed by atoms with E-state index in [1.165, 1.54) is 6.92 Å². The van der Waals surface area contributed by atoms with Crippen molar-refractivity contribution < 1.29 is 19.4 Å². The summed E-state index contributed by atoms with van der Waals surface area (Å²) in [4.78, 5) is 27.9. The van der Waals surface area contributed by atoms with Gasteiger partial charge in [0.05, 0.1) is 17.4 Å². The summed E-state index contributed by atoms with van der Waals surface area (Å²) in [6.07, 6.45) is -0.918. The third-order valence-corrected chi connectivity index (χ3v) is 4.19. The Bertz CT molecular complexity index is 932. The van der Waals surface area contributed by atoms with Crippen LogP contribution < -0.4 is 10.4 Å². The van der Waals surface area contributed by atoms with Crippen molar-refractivity contribution in [2.75, 3.05) is 5.32 Å². The van der Waals surface area contributed by atoms with Crippen LogP contribution in [-0.4, -0.2) is 23.9 Å². The van der Waals surface area contributed by atoms with Crippen molar-refractivity contribution >= 4 is 23.3 Å². The van der Waals surface area contributed by atoms with Gasteiger partial charge in [-0.25, -0.2) is 4.99 Å². The standard InChI is InChI=1S/C21H20N2O4/c1-3-15(21(25)26)19-20(27-13(2)24)23-18(14-9-5-4-6-10-14)16-11-7-8-12-17(16)22-19/h4-12,20,22H,3H2,1-2H3,(H,25,26)/p-1. The molecule has 0 saturated heterocycles. The molecule has 0 saturated carbocycles. The molecule has 2 aromatic carbocycles. The summed E-state index contributed by atoms with van der Waals surface area (Å²) in [5.41, 5.74) is 3.10. The third kappa shape index (κ3) is 3.89. The van der Waals surface area contributed by atoms with Crippen LogP contribution in [0.5, 0.6) is 0 Å². The summed E-state index contributed by atoms with van der Waals surface area (Å²) in [5, 5.41) is 14.8. The second kappa shape index (κ2) is 7.86. The van der Waals surface area contributed by atoms with Crippen molar-refractivity contribution in [2.24, 2.45) is 4.99 Å². The second-order valence-electron chi connectivity index (χ2n) is 6.01. The molecule has 0 bridgehead atoms. The number of carbonyl (C=O) groups excluding carboxylic acids is 2. The first-order valence-corrected chi connectivity index (χ1v) is 8.62. The van der Waals surface area contributed by atoms with Crippen LogP contribution in [0.15, 0.2) is 70.9 Å². The fraction of sp³-hybridized carbons (Fsp3) is 0.190. The van der Waals surface area contributed by atoms with Gasteiger partial charge in [0.25, 0.3) is 0 Å². The van der Waals surface area contributed by atoms with Crippen molar-refractivity contribution in [1.29, 1.82) is 0 Å². The van der Waals surface area contributed by atoms with Gasteiger partial charge in [0.15, 0.2) is 0 Å². The van der Waals surface area contributed by atoms with Crippen molar-refractivity contribution in [2.45, 2.75) is 26.5 Å². The Morgan fingerprint density at radius 1 is 1.11 bits per heavy atom. The summed E-state index contributed by atoms with van der Waals surface area (Å²) in [6.45, 7) is 2.96. The Morgan fingerprint density at radius 3 is 2.41 bits per heavy atom. The Kier molecular flexibility index (Phi) is 5.35. The van der Waals surface area contributed by atoms with E-state index in [9.17, 15) is 14.7 Å². The summed E-state index contributed by atoms with van der Waals surface area (Å²) in [7, 11) is 0. The summed E-state index contributed by atoms with van der Waals surface area (Å²) in [6, 6.07) is 16.9. The van der Waals surface area contributed by atoms with Gasteiger partial charge >= 0.3 is 5.97 Å². The Balaban J connectivity index is 2.28. The number of aliphatic carboxylic acids is 1. The third-order valence-electron chi connectivity index (χ3n) is 4.19. The lowest BCUT2D eigenvalue weighted by atomic mass is 10.0. The molecular weight excluding hydrogens is 344 g/mol. The van der Waals surface area contributed by atoms with Gasteiger partial charge in [-0.3, -0.25) is 4.79 Å². The maximum Gasteiger partial charge on any atom is 0.304 e. The van der Waals surface area contributed by atoms with Gasteiger partial charge in [-0.1, -0.05) is 55.5 Å². The zero-order valence-corrected chi connectivity index (χ0v) is 15.1. The molecule has 138 valence electrons. The molecule has 1 heterocycles. The zero-order chi connectivity index (χ0) is 19.4. The Hall–Kier alpha value is -3.41. The summed E-state index contributed by atoms with van der Waals surface area (Å²) >= 11 is 0. The van der Waals surface area contributed by atoms with Crippen LogP contribution in [0.3, 0.4) is 0 Å². The number of benzene rings is 2. The lowest BCUT2D eigenvalue weighted by Gasteiger charge is -2.21. The summed E-state index contributed by atoms with van der Waals surface area (Å²) in [5.74, 6) is -1.89. The molecule has 0 aromatic heterocycles. The average molecular weight is 363 g/mol. The van der Waals surface area contributed by atoms with Gasteiger partial charge in [0, 0.05) is 23.7 Å². The smallest absolute Gasteiger partial charge is 0.304 e. The van der Waals surface area contributed by atoms with E-state index in [1.54, 1.807) is 6.92 Å². The highest BCUT2D eigenvalue weighted by Crippen LogP contribution is 2.29. The van der Waals surface area contributed by atoms with Crippen LogP contribution in [0.2, 0.25) is 0 Å². The van der Waals surface area contributed by atoms with E-state index in [1.807, 2.05) is 54.6 Å². The van der Waals surface area contributed by atoms with Gasteiger partial charge in [0.2, 0.25) is 6.23 Å². The topological polar surface area (TPSA) is 90.8 Å². The molecule has 1 N–H and O–H groups in total.